The molecule has 8 nitrogen and oxygen atoms in total. The first-order chi connectivity index (χ1) is 19.6. The van der Waals surface area contributed by atoms with E-state index in [9.17, 15) is 14.4 Å². The van der Waals surface area contributed by atoms with Gasteiger partial charge in [-0.05, 0) is 48.2 Å². The summed E-state index contributed by atoms with van der Waals surface area (Å²) in [6.07, 6.45) is 1.91. The zero-order chi connectivity index (χ0) is 30.6. The van der Waals surface area contributed by atoms with Gasteiger partial charge in [0.05, 0.1) is 0 Å². The van der Waals surface area contributed by atoms with Crippen LogP contribution in [-0.2, 0) is 27.2 Å². The van der Waals surface area contributed by atoms with E-state index in [2.05, 4.69) is 15.1 Å². The first kappa shape index (κ1) is 36.6. The Kier molecular flexibility index (Phi) is 19.1. The van der Waals surface area contributed by atoms with Crippen LogP contribution in [0.25, 0.3) is 0 Å². The number of anilines is 2. The largest absolute Gasteiger partial charge is 0.481 e. The lowest BCUT2D eigenvalue weighted by Gasteiger charge is -2.23. The molecule has 0 aromatic heterocycles. The maximum absolute atomic E-state index is 11.1. The van der Waals surface area contributed by atoms with Crippen molar-refractivity contribution < 1.29 is 24.6 Å². The molecule has 1 unspecified atom stereocenters. The predicted molar refractivity (Wildman–Crippen MR) is 170 cm³/mol. The van der Waals surface area contributed by atoms with Crippen LogP contribution in [0.2, 0.25) is 0 Å². The van der Waals surface area contributed by atoms with Crippen molar-refractivity contribution in [2.24, 2.45) is 0 Å². The number of carboxylic acids is 2. The summed E-state index contributed by atoms with van der Waals surface area (Å²) in [6.45, 7) is 4.23. The standard InChI is InChI=1S/C15H20Cl2N2O3.C14H19Cl2NO2/c1-11(20)18-14(15(21)22)10-12-2-4-13(5-3-12)19(8-6-16)9-7-17;15-8-10-17(11-9-16)13-6-4-12(5-7-13)2-1-3-14(18)19/h2-5,14H,6-10H2,1H3,(H,18,20)(H,21,22);4-7H,1-3,8-11H2,(H,18,19). The molecule has 41 heavy (non-hydrogen) atoms. The van der Waals surface area contributed by atoms with E-state index in [1.54, 1.807) is 0 Å². The second-order valence-corrected chi connectivity index (χ2v) is 10.6. The highest BCUT2D eigenvalue weighted by molar-refractivity contribution is 6.19. The van der Waals surface area contributed by atoms with Gasteiger partial charge in [-0.25, -0.2) is 4.79 Å². The molecule has 0 radical (unpaired) electrons. The van der Waals surface area contributed by atoms with Gasteiger partial charge < -0.3 is 25.3 Å². The lowest BCUT2D eigenvalue weighted by molar-refractivity contribution is -0.141. The first-order valence-corrected chi connectivity index (χ1v) is 15.4. The lowest BCUT2D eigenvalue weighted by atomic mass is 10.1. The number of rotatable bonds is 18. The van der Waals surface area contributed by atoms with Gasteiger partial charge in [0.2, 0.25) is 5.91 Å². The Morgan fingerprint density at radius 1 is 0.732 bits per heavy atom. The van der Waals surface area contributed by atoms with Crippen molar-refractivity contribution in [1.29, 1.82) is 0 Å². The molecule has 0 aliphatic rings. The van der Waals surface area contributed by atoms with Gasteiger partial charge in [-0.2, -0.15) is 0 Å². The molecule has 0 bridgehead atoms. The summed E-state index contributed by atoms with van der Waals surface area (Å²) in [5.41, 5.74) is 4.07. The number of nitrogens with one attached hydrogen (secondary N) is 1. The molecule has 0 aliphatic carbocycles. The highest BCUT2D eigenvalue weighted by Gasteiger charge is 2.19. The van der Waals surface area contributed by atoms with Crippen molar-refractivity contribution in [3.8, 4) is 0 Å². The van der Waals surface area contributed by atoms with E-state index in [0.717, 1.165) is 42.0 Å². The lowest BCUT2D eigenvalue weighted by Crippen LogP contribution is -2.41. The number of alkyl halides is 4. The third-order valence-corrected chi connectivity index (χ3v) is 6.67. The number of carbonyl (C=O) groups excluding carboxylic acids is 1. The molecule has 0 saturated heterocycles. The highest BCUT2D eigenvalue weighted by Crippen LogP contribution is 2.18. The van der Waals surface area contributed by atoms with Gasteiger partial charge in [-0.3, -0.25) is 9.59 Å². The summed E-state index contributed by atoms with van der Waals surface area (Å²) in [5.74, 6) is -0.0180. The van der Waals surface area contributed by atoms with Crippen LogP contribution in [0.4, 0.5) is 11.4 Å². The quantitative estimate of drug-likeness (QED) is 0.183. The van der Waals surface area contributed by atoms with Crippen LogP contribution in [-0.4, -0.2) is 83.8 Å². The monoisotopic (exact) mass is 649 g/mol. The fraction of sp³-hybridized carbons (Fsp3) is 0.483. The second kappa shape index (κ2) is 21.3. The number of aliphatic carboxylic acids is 2. The fourth-order valence-corrected chi connectivity index (χ4v) is 4.81. The Labute approximate surface area is 262 Å². The van der Waals surface area contributed by atoms with Crippen molar-refractivity contribution >= 4 is 75.6 Å². The van der Waals surface area contributed by atoms with E-state index in [0.29, 0.717) is 43.0 Å². The van der Waals surface area contributed by atoms with Gasteiger partial charge in [0.15, 0.2) is 0 Å². The zero-order valence-electron chi connectivity index (χ0n) is 23.2. The number of halogens is 4. The molecule has 228 valence electrons. The Morgan fingerprint density at radius 3 is 1.49 bits per heavy atom. The molecule has 3 N–H and O–H groups in total. The molecular formula is C29H39Cl4N3O5. The Bertz CT molecular complexity index is 1030. The van der Waals surface area contributed by atoms with E-state index in [1.807, 2.05) is 48.5 Å². The smallest absolute Gasteiger partial charge is 0.326 e. The van der Waals surface area contributed by atoms with Crippen LogP contribution >= 0.6 is 46.4 Å². The summed E-state index contributed by atoms with van der Waals surface area (Å²) in [5, 5.41) is 20.1. The number of carboxylic acid groups (broad SMARTS) is 2. The zero-order valence-corrected chi connectivity index (χ0v) is 26.2. The van der Waals surface area contributed by atoms with E-state index < -0.39 is 18.0 Å². The topological polar surface area (TPSA) is 110 Å². The Hall–Kier alpha value is -2.39. The fourth-order valence-electron chi connectivity index (χ4n) is 3.99. The molecule has 0 heterocycles. The van der Waals surface area contributed by atoms with Gasteiger partial charge in [-0.1, -0.05) is 24.3 Å². The molecule has 1 atom stereocenters. The summed E-state index contributed by atoms with van der Waals surface area (Å²) in [6, 6.07) is 14.7. The van der Waals surface area contributed by atoms with Gasteiger partial charge in [0, 0.05) is 80.8 Å². The van der Waals surface area contributed by atoms with Gasteiger partial charge in [-0.15, -0.1) is 46.4 Å². The maximum atomic E-state index is 11.1. The van der Waals surface area contributed by atoms with Crippen LogP contribution < -0.4 is 15.1 Å². The van der Waals surface area contributed by atoms with Gasteiger partial charge >= 0.3 is 11.9 Å². The molecule has 0 fully saturated rings. The van der Waals surface area contributed by atoms with Crippen molar-refractivity contribution in [3.63, 3.8) is 0 Å². The number of hydrogen-bond acceptors (Lipinski definition) is 5. The average molecular weight is 651 g/mol. The molecular weight excluding hydrogens is 612 g/mol. The predicted octanol–water partition coefficient (Wildman–Crippen LogP) is 5.48. The van der Waals surface area contributed by atoms with E-state index in [1.165, 1.54) is 6.92 Å². The molecule has 0 aliphatic heterocycles. The molecule has 1 amide bonds. The minimum Gasteiger partial charge on any atom is -0.481 e. The summed E-state index contributed by atoms with van der Waals surface area (Å²) in [7, 11) is 0. The third-order valence-electron chi connectivity index (χ3n) is 5.99. The molecule has 12 heteroatoms. The third kappa shape index (κ3) is 15.4. The molecule has 2 aromatic carbocycles. The Morgan fingerprint density at radius 2 is 1.15 bits per heavy atom. The van der Waals surface area contributed by atoms with Crippen molar-refractivity contribution in [2.75, 3.05) is 59.5 Å². The second-order valence-electron chi connectivity index (χ2n) is 9.11. The van der Waals surface area contributed by atoms with Crippen LogP contribution in [0.15, 0.2) is 48.5 Å². The first-order valence-electron chi connectivity index (χ1n) is 13.3. The van der Waals surface area contributed by atoms with Gasteiger partial charge in [0.1, 0.15) is 6.04 Å². The highest BCUT2D eigenvalue weighted by atomic mass is 35.5. The summed E-state index contributed by atoms with van der Waals surface area (Å²) in [4.78, 5) is 36.8. The normalized spacial score (nSPS) is 11.1. The van der Waals surface area contributed by atoms with Crippen LogP contribution in [0.5, 0.6) is 0 Å². The van der Waals surface area contributed by atoms with E-state index in [-0.39, 0.29) is 18.7 Å². The summed E-state index contributed by atoms with van der Waals surface area (Å²) < 4.78 is 0. The number of nitrogens with zero attached hydrogens (tertiary/aromatic N) is 2. The average Bonchev–Trinajstić information content (AvgIpc) is 2.93. The van der Waals surface area contributed by atoms with Crippen molar-refractivity contribution in [2.45, 2.75) is 38.6 Å². The van der Waals surface area contributed by atoms with Gasteiger partial charge in [0.25, 0.3) is 0 Å². The van der Waals surface area contributed by atoms with E-state index >= 15 is 0 Å². The number of hydrogen-bond donors (Lipinski definition) is 3. The minimum absolute atomic E-state index is 0.215. The number of carbonyl (C=O) groups is 3. The van der Waals surface area contributed by atoms with E-state index in [4.69, 9.17) is 56.6 Å². The SMILES string of the molecule is CC(=O)NC(Cc1ccc(N(CCCl)CCCl)cc1)C(=O)O.O=C(O)CCCc1ccc(N(CCCl)CCCl)cc1. The van der Waals surface area contributed by atoms with Crippen molar-refractivity contribution in [3.05, 3.63) is 59.7 Å². The number of benzene rings is 2. The minimum atomic E-state index is -1.05. The van der Waals surface area contributed by atoms with Crippen LogP contribution in [0.3, 0.4) is 0 Å². The number of amides is 1. The summed E-state index contributed by atoms with van der Waals surface area (Å²) >= 11 is 23.1. The van der Waals surface area contributed by atoms with Crippen LogP contribution in [0.1, 0.15) is 30.9 Å². The maximum Gasteiger partial charge on any atom is 0.326 e. The molecule has 2 aromatic rings. The molecule has 0 saturated carbocycles. The molecule has 0 spiro atoms. The van der Waals surface area contributed by atoms with Crippen molar-refractivity contribution in [1.82, 2.24) is 5.32 Å². The number of aryl methyl sites for hydroxylation is 1. The van der Waals surface area contributed by atoms with Crippen LogP contribution in [0, 0.1) is 0 Å². The Balaban J connectivity index is 0.000000414. The molecule has 2 rings (SSSR count).